The summed E-state index contributed by atoms with van der Waals surface area (Å²) < 4.78 is 4.91. The van der Waals surface area contributed by atoms with Crippen LogP contribution in [0.15, 0.2) is 24.5 Å². The van der Waals surface area contributed by atoms with E-state index in [1.165, 1.54) is 7.11 Å². The molecule has 1 unspecified atom stereocenters. The standard InChI is InChI=1S/C13H21N3O2/c1-11(18-2)13(17)16-8-4-7-15-10-12-5-3-6-14-9-12/h3,5-6,9,11,15H,4,7-8,10H2,1-2H3,(H,16,17). The molecule has 5 nitrogen and oxygen atoms in total. The van der Waals surface area contributed by atoms with Crippen LogP contribution in [0, 0.1) is 0 Å². The van der Waals surface area contributed by atoms with E-state index >= 15 is 0 Å². The summed E-state index contributed by atoms with van der Waals surface area (Å²) in [5.41, 5.74) is 1.16. The third-order valence-corrected chi connectivity index (χ3v) is 2.60. The Labute approximate surface area is 108 Å². The van der Waals surface area contributed by atoms with Crippen molar-refractivity contribution in [1.29, 1.82) is 0 Å². The number of pyridine rings is 1. The van der Waals surface area contributed by atoms with E-state index in [0.29, 0.717) is 6.54 Å². The first-order chi connectivity index (χ1) is 8.74. The molecular formula is C13H21N3O2. The summed E-state index contributed by atoms with van der Waals surface area (Å²) in [5, 5.41) is 6.11. The van der Waals surface area contributed by atoms with Crippen molar-refractivity contribution in [3.8, 4) is 0 Å². The lowest BCUT2D eigenvalue weighted by molar-refractivity contribution is -0.130. The Kier molecular flexibility index (Phi) is 6.98. The Morgan fingerprint density at radius 2 is 2.33 bits per heavy atom. The molecule has 5 heteroatoms. The van der Waals surface area contributed by atoms with Crippen LogP contribution in [-0.4, -0.2) is 37.2 Å². The second kappa shape index (κ2) is 8.60. The molecule has 1 aromatic heterocycles. The molecule has 100 valence electrons. The van der Waals surface area contributed by atoms with Crippen LogP contribution >= 0.6 is 0 Å². The summed E-state index contributed by atoms with van der Waals surface area (Å²) >= 11 is 0. The molecule has 0 aliphatic carbocycles. The van der Waals surface area contributed by atoms with Crippen LogP contribution in [-0.2, 0) is 16.1 Å². The molecule has 0 spiro atoms. The third kappa shape index (κ3) is 5.75. The normalized spacial score (nSPS) is 12.1. The molecule has 18 heavy (non-hydrogen) atoms. The van der Waals surface area contributed by atoms with Gasteiger partial charge in [-0.3, -0.25) is 9.78 Å². The van der Waals surface area contributed by atoms with Gasteiger partial charge in [-0.25, -0.2) is 0 Å². The number of hydrogen-bond acceptors (Lipinski definition) is 4. The molecule has 0 bridgehead atoms. The van der Waals surface area contributed by atoms with Crippen LogP contribution in [0.1, 0.15) is 18.9 Å². The highest BCUT2D eigenvalue weighted by atomic mass is 16.5. The van der Waals surface area contributed by atoms with Crippen LogP contribution in [0.2, 0.25) is 0 Å². The van der Waals surface area contributed by atoms with Crippen molar-refractivity contribution in [3.63, 3.8) is 0 Å². The SMILES string of the molecule is COC(C)C(=O)NCCCNCc1cccnc1. The van der Waals surface area contributed by atoms with Crippen LogP contribution in [0.5, 0.6) is 0 Å². The minimum absolute atomic E-state index is 0.0650. The van der Waals surface area contributed by atoms with Crippen molar-refractivity contribution in [1.82, 2.24) is 15.6 Å². The molecule has 0 aromatic carbocycles. The molecule has 1 heterocycles. The second-order valence-electron chi connectivity index (χ2n) is 4.06. The minimum Gasteiger partial charge on any atom is -0.372 e. The number of nitrogens with one attached hydrogen (secondary N) is 2. The van der Waals surface area contributed by atoms with Gasteiger partial charge in [0.25, 0.3) is 0 Å². The number of aromatic nitrogens is 1. The molecule has 1 atom stereocenters. The highest BCUT2D eigenvalue weighted by Crippen LogP contribution is 1.94. The average Bonchev–Trinajstić information content (AvgIpc) is 2.42. The number of hydrogen-bond donors (Lipinski definition) is 2. The van der Waals surface area contributed by atoms with E-state index in [2.05, 4.69) is 15.6 Å². The zero-order chi connectivity index (χ0) is 13.2. The van der Waals surface area contributed by atoms with Gasteiger partial charge in [0.05, 0.1) is 0 Å². The Bertz CT molecular complexity index is 343. The number of carbonyl (C=O) groups is 1. The van der Waals surface area contributed by atoms with Crippen molar-refractivity contribution in [2.45, 2.75) is 26.0 Å². The Morgan fingerprint density at radius 1 is 1.50 bits per heavy atom. The molecular weight excluding hydrogens is 230 g/mol. The maximum atomic E-state index is 11.4. The molecule has 1 rings (SSSR count). The Hall–Kier alpha value is -1.46. The van der Waals surface area contributed by atoms with Gasteiger partial charge in [-0.2, -0.15) is 0 Å². The maximum absolute atomic E-state index is 11.4. The van der Waals surface area contributed by atoms with Crippen molar-refractivity contribution in [3.05, 3.63) is 30.1 Å². The van der Waals surface area contributed by atoms with Gasteiger partial charge >= 0.3 is 0 Å². The predicted molar refractivity (Wildman–Crippen MR) is 70.0 cm³/mol. The maximum Gasteiger partial charge on any atom is 0.248 e. The van der Waals surface area contributed by atoms with Gasteiger partial charge in [-0.1, -0.05) is 6.07 Å². The summed E-state index contributed by atoms with van der Waals surface area (Å²) in [5.74, 6) is -0.0650. The lowest BCUT2D eigenvalue weighted by Gasteiger charge is -2.10. The smallest absolute Gasteiger partial charge is 0.248 e. The number of rotatable bonds is 8. The first-order valence-corrected chi connectivity index (χ1v) is 6.14. The van der Waals surface area contributed by atoms with E-state index in [9.17, 15) is 4.79 Å². The number of carbonyl (C=O) groups excluding carboxylic acids is 1. The van der Waals surface area contributed by atoms with Crippen molar-refractivity contribution in [2.75, 3.05) is 20.2 Å². The zero-order valence-electron chi connectivity index (χ0n) is 11.0. The average molecular weight is 251 g/mol. The molecule has 0 aliphatic rings. The number of amides is 1. The van der Waals surface area contributed by atoms with E-state index in [0.717, 1.165) is 25.1 Å². The first kappa shape index (κ1) is 14.6. The van der Waals surface area contributed by atoms with Gasteiger partial charge in [-0.05, 0) is 31.5 Å². The second-order valence-corrected chi connectivity index (χ2v) is 4.06. The topological polar surface area (TPSA) is 63.2 Å². The van der Waals surface area contributed by atoms with Gasteiger partial charge in [0, 0.05) is 32.6 Å². The lowest BCUT2D eigenvalue weighted by atomic mass is 10.3. The number of methoxy groups -OCH3 is 1. The van der Waals surface area contributed by atoms with E-state index in [1.807, 2.05) is 18.3 Å². The fraction of sp³-hybridized carbons (Fsp3) is 0.538. The Balaban J connectivity index is 2.01. The molecule has 1 amide bonds. The molecule has 1 aromatic rings. The third-order valence-electron chi connectivity index (χ3n) is 2.60. The number of ether oxygens (including phenoxy) is 1. The quantitative estimate of drug-likeness (QED) is 0.668. The summed E-state index contributed by atoms with van der Waals surface area (Å²) in [6, 6.07) is 3.95. The highest BCUT2D eigenvalue weighted by molar-refractivity contribution is 5.80. The summed E-state index contributed by atoms with van der Waals surface area (Å²) in [6.45, 7) is 4.05. The van der Waals surface area contributed by atoms with E-state index < -0.39 is 0 Å². The van der Waals surface area contributed by atoms with Crippen LogP contribution in [0.3, 0.4) is 0 Å². The number of nitrogens with zero attached hydrogens (tertiary/aromatic N) is 1. The van der Waals surface area contributed by atoms with Crippen molar-refractivity contribution >= 4 is 5.91 Å². The van der Waals surface area contributed by atoms with Gasteiger partial charge in [0.2, 0.25) is 5.91 Å². The van der Waals surface area contributed by atoms with Crippen LogP contribution in [0.25, 0.3) is 0 Å². The highest BCUT2D eigenvalue weighted by Gasteiger charge is 2.09. The molecule has 0 saturated heterocycles. The van der Waals surface area contributed by atoms with E-state index in [4.69, 9.17) is 4.74 Å². The summed E-state index contributed by atoms with van der Waals surface area (Å²) in [6.07, 6.45) is 4.11. The fourth-order valence-corrected chi connectivity index (χ4v) is 1.41. The summed E-state index contributed by atoms with van der Waals surface area (Å²) in [7, 11) is 1.53. The summed E-state index contributed by atoms with van der Waals surface area (Å²) in [4.78, 5) is 15.4. The lowest BCUT2D eigenvalue weighted by Crippen LogP contribution is -2.35. The van der Waals surface area contributed by atoms with Crippen molar-refractivity contribution in [2.24, 2.45) is 0 Å². The van der Waals surface area contributed by atoms with Gasteiger partial charge in [0.1, 0.15) is 6.10 Å². The monoisotopic (exact) mass is 251 g/mol. The van der Waals surface area contributed by atoms with Crippen LogP contribution in [0.4, 0.5) is 0 Å². The Morgan fingerprint density at radius 3 is 3.00 bits per heavy atom. The molecule has 2 N–H and O–H groups in total. The van der Waals surface area contributed by atoms with Gasteiger partial charge in [-0.15, -0.1) is 0 Å². The first-order valence-electron chi connectivity index (χ1n) is 6.14. The minimum atomic E-state index is -0.381. The van der Waals surface area contributed by atoms with Gasteiger partial charge < -0.3 is 15.4 Å². The molecule has 0 fully saturated rings. The molecule has 0 radical (unpaired) electrons. The van der Waals surface area contributed by atoms with Gasteiger partial charge in [0.15, 0.2) is 0 Å². The molecule has 0 aliphatic heterocycles. The zero-order valence-corrected chi connectivity index (χ0v) is 11.0. The van der Waals surface area contributed by atoms with E-state index in [-0.39, 0.29) is 12.0 Å². The predicted octanol–water partition coefficient (Wildman–Crippen LogP) is 0.712. The fourth-order valence-electron chi connectivity index (χ4n) is 1.41. The largest absolute Gasteiger partial charge is 0.372 e. The van der Waals surface area contributed by atoms with Crippen molar-refractivity contribution < 1.29 is 9.53 Å². The van der Waals surface area contributed by atoms with Crippen LogP contribution < -0.4 is 10.6 Å². The molecule has 0 saturated carbocycles. The van der Waals surface area contributed by atoms with E-state index in [1.54, 1.807) is 13.1 Å².